The number of H-pyrrole nitrogens is 2. The Morgan fingerprint density at radius 1 is 0.680 bits per heavy atom. The van der Waals surface area contributed by atoms with E-state index in [1.54, 1.807) is 12.4 Å². The molecular weight excluding hydrogens is 312 g/mol. The van der Waals surface area contributed by atoms with Crippen molar-refractivity contribution in [3.63, 3.8) is 0 Å². The molecule has 0 aliphatic heterocycles. The second kappa shape index (κ2) is 5.98. The minimum atomic E-state index is -0.341. The molecule has 4 aromatic rings. The van der Waals surface area contributed by atoms with E-state index in [0.717, 1.165) is 34.2 Å². The van der Waals surface area contributed by atoms with Crippen LogP contribution in [0.15, 0.2) is 60.9 Å². The molecule has 6 nitrogen and oxygen atoms in total. The van der Waals surface area contributed by atoms with Gasteiger partial charge < -0.3 is 0 Å². The van der Waals surface area contributed by atoms with Crippen molar-refractivity contribution >= 4 is 0 Å². The van der Waals surface area contributed by atoms with Crippen molar-refractivity contribution in [1.29, 1.82) is 0 Å². The van der Waals surface area contributed by atoms with Gasteiger partial charge in [-0.1, -0.05) is 12.1 Å². The second-order valence-corrected chi connectivity index (χ2v) is 6.38. The van der Waals surface area contributed by atoms with Crippen molar-refractivity contribution in [1.82, 2.24) is 30.4 Å². The van der Waals surface area contributed by atoms with Crippen LogP contribution < -0.4 is 0 Å². The molecule has 124 valence electrons. The van der Waals surface area contributed by atoms with E-state index in [2.05, 4.69) is 34.2 Å². The van der Waals surface area contributed by atoms with Gasteiger partial charge in [0.15, 0.2) is 0 Å². The Bertz CT molecular complexity index is 891. The zero-order valence-electron chi connectivity index (χ0n) is 14.1. The van der Waals surface area contributed by atoms with Crippen LogP contribution in [0.5, 0.6) is 0 Å². The quantitative estimate of drug-likeness (QED) is 0.599. The molecule has 0 amide bonds. The highest BCUT2D eigenvalue weighted by Crippen LogP contribution is 2.31. The lowest BCUT2D eigenvalue weighted by atomic mass is 9.84. The summed E-state index contributed by atoms with van der Waals surface area (Å²) in [4.78, 5) is 9.65. The van der Waals surface area contributed by atoms with E-state index >= 15 is 0 Å². The molecule has 0 saturated carbocycles. The van der Waals surface area contributed by atoms with Crippen LogP contribution >= 0.6 is 0 Å². The molecule has 0 aromatic carbocycles. The van der Waals surface area contributed by atoms with E-state index < -0.39 is 0 Å². The molecule has 0 aliphatic rings. The van der Waals surface area contributed by atoms with E-state index in [1.165, 1.54) is 0 Å². The van der Waals surface area contributed by atoms with Gasteiger partial charge in [-0.15, -0.1) is 0 Å². The third-order valence-corrected chi connectivity index (χ3v) is 4.33. The Balaban J connectivity index is 1.75. The standard InChI is InChI=1S/C19H18N6/c1-19(2,17-7-3-5-13(22-17)15-9-11-20-24-15)18-8-4-6-14(23-18)16-10-12-21-25-16/h3-12H,1-2H3,(H,20,24)(H,21,25). The molecule has 0 bridgehead atoms. The van der Waals surface area contributed by atoms with Gasteiger partial charge in [0.05, 0.1) is 34.2 Å². The van der Waals surface area contributed by atoms with Gasteiger partial charge in [0.25, 0.3) is 0 Å². The molecule has 0 aliphatic carbocycles. The van der Waals surface area contributed by atoms with E-state index in [4.69, 9.17) is 9.97 Å². The lowest BCUT2D eigenvalue weighted by Crippen LogP contribution is -2.22. The molecule has 4 rings (SSSR count). The molecular formula is C19H18N6. The molecule has 6 heteroatoms. The van der Waals surface area contributed by atoms with Gasteiger partial charge in [-0.25, -0.2) is 0 Å². The van der Waals surface area contributed by atoms with Crippen molar-refractivity contribution in [2.75, 3.05) is 0 Å². The van der Waals surface area contributed by atoms with Crippen molar-refractivity contribution in [2.24, 2.45) is 0 Å². The molecule has 0 spiro atoms. The number of aromatic amines is 2. The number of hydrogen-bond donors (Lipinski definition) is 2. The summed E-state index contributed by atoms with van der Waals surface area (Å²) in [7, 11) is 0. The summed E-state index contributed by atoms with van der Waals surface area (Å²) in [5, 5.41) is 13.9. The van der Waals surface area contributed by atoms with Gasteiger partial charge in [0.1, 0.15) is 0 Å². The van der Waals surface area contributed by atoms with Gasteiger partial charge in [-0.3, -0.25) is 20.2 Å². The average molecular weight is 330 g/mol. The van der Waals surface area contributed by atoms with Gasteiger partial charge in [0.2, 0.25) is 0 Å². The van der Waals surface area contributed by atoms with Crippen LogP contribution in [0.4, 0.5) is 0 Å². The average Bonchev–Trinajstić information content (AvgIpc) is 3.36. The van der Waals surface area contributed by atoms with E-state index in [1.807, 2.05) is 48.5 Å². The highest BCUT2D eigenvalue weighted by molar-refractivity contribution is 5.55. The van der Waals surface area contributed by atoms with Crippen molar-refractivity contribution in [3.05, 3.63) is 72.3 Å². The molecule has 2 N–H and O–H groups in total. The van der Waals surface area contributed by atoms with Gasteiger partial charge in [0, 0.05) is 17.8 Å². The minimum Gasteiger partial charge on any atom is -0.276 e. The van der Waals surface area contributed by atoms with Crippen LogP contribution in [0, 0.1) is 0 Å². The normalized spacial score (nSPS) is 11.6. The highest BCUT2D eigenvalue weighted by Gasteiger charge is 2.27. The van der Waals surface area contributed by atoms with Crippen LogP contribution in [-0.2, 0) is 5.41 Å². The van der Waals surface area contributed by atoms with E-state index in [-0.39, 0.29) is 5.41 Å². The Labute approximate surface area is 145 Å². The maximum atomic E-state index is 4.82. The second-order valence-electron chi connectivity index (χ2n) is 6.38. The molecule has 0 radical (unpaired) electrons. The summed E-state index contributed by atoms with van der Waals surface area (Å²) >= 11 is 0. The maximum Gasteiger partial charge on any atom is 0.0884 e. The zero-order valence-corrected chi connectivity index (χ0v) is 14.1. The van der Waals surface area contributed by atoms with E-state index in [0.29, 0.717) is 0 Å². The smallest absolute Gasteiger partial charge is 0.0884 e. The number of hydrogen-bond acceptors (Lipinski definition) is 4. The fourth-order valence-corrected chi connectivity index (χ4v) is 2.79. The lowest BCUT2D eigenvalue weighted by molar-refractivity contribution is 0.596. The first-order valence-corrected chi connectivity index (χ1v) is 8.09. The van der Waals surface area contributed by atoms with Crippen LogP contribution in [0.25, 0.3) is 22.8 Å². The predicted molar refractivity (Wildman–Crippen MR) is 95.8 cm³/mol. The van der Waals surface area contributed by atoms with Crippen LogP contribution in [-0.4, -0.2) is 30.4 Å². The fraction of sp³-hybridized carbons (Fsp3) is 0.158. The number of nitrogens with zero attached hydrogens (tertiary/aromatic N) is 4. The Hall–Kier alpha value is -3.28. The molecule has 4 aromatic heterocycles. The number of nitrogens with one attached hydrogen (secondary N) is 2. The Morgan fingerprint density at radius 3 is 1.56 bits per heavy atom. The van der Waals surface area contributed by atoms with E-state index in [9.17, 15) is 0 Å². The largest absolute Gasteiger partial charge is 0.276 e. The first-order valence-electron chi connectivity index (χ1n) is 8.09. The maximum absolute atomic E-state index is 4.82. The predicted octanol–water partition coefficient (Wildman–Crippen LogP) is 3.58. The summed E-state index contributed by atoms with van der Waals surface area (Å²) in [5.41, 5.74) is 5.10. The minimum absolute atomic E-state index is 0.341. The lowest BCUT2D eigenvalue weighted by Gasteiger charge is -2.24. The summed E-state index contributed by atoms with van der Waals surface area (Å²) < 4.78 is 0. The summed E-state index contributed by atoms with van der Waals surface area (Å²) in [5.74, 6) is 0. The summed E-state index contributed by atoms with van der Waals surface area (Å²) in [6.07, 6.45) is 3.45. The number of aromatic nitrogens is 6. The summed E-state index contributed by atoms with van der Waals surface area (Å²) in [6, 6.07) is 15.9. The topological polar surface area (TPSA) is 83.1 Å². The molecule has 0 atom stereocenters. The third kappa shape index (κ3) is 2.82. The van der Waals surface area contributed by atoms with Crippen molar-refractivity contribution < 1.29 is 0 Å². The van der Waals surface area contributed by atoms with Gasteiger partial charge in [-0.2, -0.15) is 10.2 Å². The summed E-state index contributed by atoms with van der Waals surface area (Å²) in [6.45, 7) is 4.26. The molecule has 0 fully saturated rings. The Morgan fingerprint density at radius 2 is 1.16 bits per heavy atom. The zero-order chi connectivity index (χ0) is 17.3. The Kier molecular flexibility index (Phi) is 3.65. The molecule has 0 saturated heterocycles. The van der Waals surface area contributed by atoms with Gasteiger partial charge in [-0.05, 0) is 50.2 Å². The first-order chi connectivity index (χ1) is 12.1. The monoisotopic (exact) mass is 330 g/mol. The highest BCUT2D eigenvalue weighted by atomic mass is 15.1. The SMILES string of the molecule is CC(C)(c1cccc(-c2ccn[nH]2)n1)c1cccc(-c2ccn[nH]2)n1. The number of rotatable bonds is 4. The first kappa shape index (κ1) is 15.3. The van der Waals surface area contributed by atoms with Crippen molar-refractivity contribution in [3.8, 4) is 22.8 Å². The molecule has 0 unspecified atom stereocenters. The van der Waals surface area contributed by atoms with Crippen molar-refractivity contribution in [2.45, 2.75) is 19.3 Å². The van der Waals surface area contributed by atoms with Crippen LogP contribution in [0.3, 0.4) is 0 Å². The number of pyridine rings is 2. The molecule has 25 heavy (non-hydrogen) atoms. The van der Waals surface area contributed by atoms with Crippen LogP contribution in [0.1, 0.15) is 25.2 Å². The third-order valence-electron chi connectivity index (χ3n) is 4.33. The van der Waals surface area contributed by atoms with Gasteiger partial charge >= 0.3 is 0 Å². The molecule has 4 heterocycles. The fourth-order valence-electron chi connectivity index (χ4n) is 2.79. The van der Waals surface area contributed by atoms with Crippen LogP contribution in [0.2, 0.25) is 0 Å².